The summed E-state index contributed by atoms with van der Waals surface area (Å²) in [4.78, 5) is 9.68. The third-order valence-corrected chi connectivity index (χ3v) is 6.16. The van der Waals surface area contributed by atoms with E-state index in [0.717, 1.165) is 29.5 Å². The Morgan fingerprint density at radius 2 is 1.74 bits per heavy atom. The Bertz CT molecular complexity index is 989. The summed E-state index contributed by atoms with van der Waals surface area (Å²) in [7, 11) is 3.30. The van der Waals surface area contributed by atoms with Crippen molar-refractivity contribution in [1.82, 2.24) is 19.7 Å². The molecule has 31 heavy (non-hydrogen) atoms. The zero-order valence-corrected chi connectivity index (χ0v) is 18.8. The van der Waals surface area contributed by atoms with E-state index in [4.69, 9.17) is 19.6 Å². The van der Waals surface area contributed by atoms with E-state index in [9.17, 15) is 0 Å². The molecule has 6 heteroatoms. The molecule has 0 amide bonds. The van der Waals surface area contributed by atoms with Crippen LogP contribution in [0.4, 0.5) is 0 Å². The Morgan fingerprint density at radius 1 is 0.968 bits per heavy atom. The van der Waals surface area contributed by atoms with Gasteiger partial charge in [0.05, 0.1) is 26.3 Å². The number of benzene rings is 1. The summed E-state index contributed by atoms with van der Waals surface area (Å²) in [6.07, 6.45) is 11.0. The SMILES string of the molecule is CCc1ccc(Cc2nc(C3CCCCCC3)nn2-c2ccc(OC)c(OC)c2)nc1. The fraction of sp³-hybridized carbons (Fsp3) is 0.480. The molecule has 1 aromatic carbocycles. The third kappa shape index (κ3) is 4.89. The molecular weight excluding hydrogens is 388 g/mol. The molecule has 2 heterocycles. The minimum absolute atomic E-state index is 0.429. The largest absolute Gasteiger partial charge is 0.493 e. The number of pyridine rings is 1. The van der Waals surface area contributed by atoms with Gasteiger partial charge >= 0.3 is 0 Å². The summed E-state index contributed by atoms with van der Waals surface area (Å²) >= 11 is 0. The Balaban J connectivity index is 1.72. The molecule has 0 spiro atoms. The molecule has 1 saturated carbocycles. The quantitative estimate of drug-likeness (QED) is 0.487. The lowest BCUT2D eigenvalue weighted by atomic mass is 10.00. The Hall–Kier alpha value is -2.89. The van der Waals surface area contributed by atoms with Gasteiger partial charge in [-0.3, -0.25) is 4.98 Å². The highest BCUT2D eigenvalue weighted by Gasteiger charge is 2.22. The average Bonchev–Trinajstić information content (AvgIpc) is 3.04. The van der Waals surface area contributed by atoms with Crippen LogP contribution in [0.3, 0.4) is 0 Å². The van der Waals surface area contributed by atoms with Crippen molar-refractivity contribution >= 4 is 0 Å². The molecule has 2 aromatic heterocycles. The van der Waals surface area contributed by atoms with Gasteiger partial charge < -0.3 is 9.47 Å². The highest BCUT2D eigenvalue weighted by atomic mass is 16.5. The van der Waals surface area contributed by atoms with E-state index in [0.29, 0.717) is 23.8 Å². The Kier molecular flexibility index (Phi) is 6.85. The molecule has 1 aliphatic carbocycles. The van der Waals surface area contributed by atoms with E-state index in [-0.39, 0.29) is 0 Å². The van der Waals surface area contributed by atoms with Crippen molar-refractivity contribution in [2.24, 2.45) is 0 Å². The molecule has 0 unspecified atom stereocenters. The maximum atomic E-state index is 5.52. The minimum atomic E-state index is 0.429. The van der Waals surface area contributed by atoms with Crippen molar-refractivity contribution in [2.45, 2.75) is 64.2 Å². The zero-order chi connectivity index (χ0) is 21.6. The first-order valence-corrected chi connectivity index (χ1v) is 11.3. The van der Waals surface area contributed by atoms with Crippen LogP contribution in [0.1, 0.15) is 74.3 Å². The maximum absolute atomic E-state index is 5.52. The molecular formula is C25H32N4O2. The molecule has 6 nitrogen and oxygen atoms in total. The summed E-state index contributed by atoms with van der Waals surface area (Å²) < 4.78 is 12.9. The van der Waals surface area contributed by atoms with E-state index in [1.807, 2.05) is 29.1 Å². The van der Waals surface area contributed by atoms with Crippen LogP contribution >= 0.6 is 0 Å². The molecule has 0 radical (unpaired) electrons. The van der Waals surface area contributed by atoms with E-state index < -0.39 is 0 Å². The van der Waals surface area contributed by atoms with E-state index in [2.05, 4.69) is 24.0 Å². The zero-order valence-electron chi connectivity index (χ0n) is 18.8. The lowest BCUT2D eigenvalue weighted by Gasteiger charge is -2.11. The maximum Gasteiger partial charge on any atom is 0.162 e. The number of nitrogens with zero attached hydrogens (tertiary/aromatic N) is 4. The second-order valence-corrected chi connectivity index (χ2v) is 8.21. The molecule has 3 aromatic rings. The number of ether oxygens (including phenoxy) is 2. The van der Waals surface area contributed by atoms with Crippen molar-refractivity contribution in [2.75, 3.05) is 14.2 Å². The number of rotatable bonds is 7. The smallest absolute Gasteiger partial charge is 0.162 e. The number of hydrogen-bond donors (Lipinski definition) is 0. The molecule has 4 rings (SSSR count). The third-order valence-electron chi connectivity index (χ3n) is 6.16. The van der Waals surface area contributed by atoms with Gasteiger partial charge in [-0.2, -0.15) is 5.10 Å². The first-order chi connectivity index (χ1) is 15.2. The summed E-state index contributed by atoms with van der Waals surface area (Å²) in [6, 6.07) is 10.1. The van der Waals surface area contributed by atoms with Crippen LogP contribution in [0.15, 0.2) is 36.5 Å². The average molecular weight is 421 g/mol. The lowest BCUT2D eigenvalue weighted by molar-refractivity contribution is 0.354. The first kappa shape index (κ1) is 21.3. The van der Waals surface area contributed by atoms with Gasteiger partial charge in [-0.15, -0.1) is 0 Å². The van der Waals surface area contributed by atoms with Crippen LogP contribution < -0.4 is 9.47 Å². The minimum Gasteiger partial charge on any atom is -0.493 e. The van der Waals surface area contributed by atoms with Crippen LogP contribution in [-0.4, -0.2) is 34.0 Å². The van der Waals surface area contributed by atoms with Gasteiger partial charge in [0.25, 0.3) is 0 Å². The normalized spacial score (nSPS) is 14.9. The number of hydrogen-bond acceptors (Lipinski definition) is 5. The predicted molar refractivity (Wildman–Crippen MR) is 121 cm³/mol. The van der Waals surface area contributed by atoms with Crippen LogP contribution in [0.2, 0.25) is 0 Å². The van der Waals surface area contributed by atoms with Crippen LogP contribution in [0.5, 0.6) is 11.5 Å². The van der Waals surface area contributed by atoms with E-state index in [1.165, 1.54) is 44.1 Å². The van der Waals surface area contributed by atoms with Crippen molar-refractivity contribution in [3.8, 4) is 17.2 Å². The summed E-state index contributed by atoms with van der Waals surface area (Å²) in [5, 5.41) is 4.99. The Labute approximate surface area is 184 Å². The topological polar surface area (TPSA) is 62.1 Å². The lowest BCUT2D eigenvalue weighted by Crippen LogP contribution is -2.06. The van der Waals surface area contributed by atoms with Crippen molar-refractivity contribution in [3.63, 3.8) is 0 Å². The molecule has 0 atom stereocenters. The Morgan fingerprint density at radius 3 is 2.39 bits per heavy atom. The first-order valence-electron chi connectivity index (χ1n) is 11.3. The van der Waals surface area contributed by atoms with E-state index >= 15 is 0 Å². The summed E-state index contributed by atoms with van der Waals surface area (Å²) in [5.41, 5.74) is 3.16. The van der Waals surface area contributed by atoms with Crippen molar-refractivity contribution in [1.29, 1.82) is 0 Å². The van der Waals surface area contributed by atoms with Crippen LogP contribution in [0.25, 0.3) is 5.69 Å². The number of aryl methyl sites for hydroxylation is 1. The monoisotopic (exact) mass is 420 g/mol. The number of aromatic nitrogens is 4. The molecule has 0 saturated heterocycles. The number of methoxy groups -OCH3 is 2. The van der Waals surface area contributed by atoms with Gasteiger partial charge in [-0.1, -0.05) is 38.7 Å². The predicted octanol–water partition coefficient (Wildman–Crippen LogP) is 5.27. The van der Waals surface area contributed by atoms with Gasteiger partial charge in [0.15, 0.2) is 17.3 Å². The molecule has 0 aliphatic heterocycles. The summed E-state index contributed by atoms with van der Waals surface area (Å²) in [5.74, 6) is 3.68. The van der Waals surface area contributed by atoms with Crippen LogP contribution in [-0.2, 0) is 12.8 Å². The second-order valence-electron chi connectivity index (χ2n) is 8.21. The van der Waals surface area contributed by atoms with Gasteiger partial charge in [-0.25, -0.2) is 9.67 Å². The van der Waals surface area contributed by atoms with Gasteiger partial charge in [0, 0.05) is 23.9 Å². The van der Waals surface area contributed by atoms with Gasteiger partial charge in [0.1, 0.15) is 5.82 Å². The van der Waals surface area contributed by atoms with Crippen molar-refractivity contribution < 1.29 is 9.47 Å². The standard InChI is InChI=1S/C25H32N4O2/c1-4-18-11-12-20(26-17-18)15-24-27-25(19-9-7-5-6-8-10-19)28-29(24)21-13-14-22(30-2)23(16-21)31-3/h11-14,16-17,19H,4-10,15H2,1-3H3. The van der Waals surface area contributed by atoms with Crippen molar-refractivity contribution in [3.05, 3.63) is 59.4 Å². The molecule has 1 aliphatic rings. The summed E-state index contributed by atoms with van der Waals surface area (Å²) in [6.45, 7) is 2.14. The fourth-order valence-corrected chi connectivity index (χ4v) is 4.28. The van der Waals surface area contributed by atoms with Gasteiger partial charge in [0.2, 0.25) is 0 Å². The molecule has 164 valence electrons. The molecule has 0 N–H and O–H groups in total. The fourth-order valence-electron chi connectivity index (χ4n) is 4.28. The van der Waals surface area contributed by atoms with Crippen LogP contribution in [0, 0.1) is 0 Å². The van der Waals surface area contributed by atoms with E-state index in [1.54, 1.807) is 14.2 Å². The van der Waals surface area contributed by atoms with Gasteiger partial charge in [-0.05, 0) is 43.0 Å². The molecule has 1 fully saturated rings. The molecule has 0 bridgehead atoms. The second kappa shape index (κ2) is 9.94. The highest BCUT2D eigenvalue weighted by Crippen LogP contribution is 2.32. The highest BCUT2D eigenvalue weighted by molar-refractivity contribution is 5.49.